The molecule has 4 aromatic rings. The van der Waals surface area contributed by atoms with Crippen LogP contribution < -0.4 is 9.80 Å². The van der Waals surface area contributed by atoms with Crippen molar-refractivity contribution >= 4 is 51.3 Å². The van der Waals surface area contributed by atoms with Gasteiger partial charge in [-0.25, -0.2) is 14.2 Å². The molecular weight excluding hydrogens is 569 g/mol. The van der Waals surface area contributed by atoms with Crippen LogP contribution in [-0.4, -0.2) is 94.8 Å². The van der Waals surface area contributed by atoms with E-state index in [9.17, 15) is 4.79 Å². The maximum Gasteiger partial charge on any atom is 0.410 e. The maximum atomic E-state index is 16.8. The second-order valence-electron chi connectivity index (χ2n) is 13.0. The second-order valence-corrected chi connectivity index (χ2v) is 13.5. The van der Waals surface area contributed by atoms with Gasteiger partial charge < -0.3 is 29.3 Å². The summed E-state index contributed by atoms with van der Waals surface area (Å²) in [5, 5.41) is 1.80. The van der Waals surface area contributed by atoms with Gasteiger partial charge >= 0.3 is 6.09 Å². The van der Waals surface area contributed by atoms with Gasteiger partial charge in [0.15, 0.2) is 5.82 Å². The molecule has 2 aromatic heterocycles. The van der Waals surface area contributed by atoms with Crippen molar-refractivity contribution in [3.05, 3.63) is 47.4 Å². The summed E-state index contributed by atoms with van der Waals surface area (Å²) in [4.78, 5) is 34.3. The number of para-hydroxylation sites is 1. The number of carbonyl (C=O) groups is 1. The van der Waals surface area contributed by atoms with Crippen LogP contribution in [0.2, 0.25) is 5.02 Å². The third kappa shape index (κ3) is 5.35. The number of halogens is 2. The van der Waals surface area contributed by atoms with E-state index < -0.39 is 11.4 Å². The lowest BCUT2D eigenvalue weighted by molar-refractivity contribution is 0.0130. The number of fused-ring (bicyclic) bond motifs is 2. The van der Waals surface area contributed by atoms with Crippen molar-refractivity contribution in [2.45, 2.75) is 58.3 Å². The van der Waals surface area contributed by atoms with Gasteiger partial charge in [-0.3, -0.25) is 0 Å². The van der Waals surface area contributed by atoms with E-state index in [4.69, 9.17) is 26.3 Å². The smallest absolute Gasteiger partial charge is 0.410 e. The average Bonchev–Trinajstić information content (AvgIpc) is 3.37. The van der Waals surface area contributed by atoms with Crippen molar-refractivity contribution in [3.63, 3.8) is 0 Å². The zero-order valence-corrected chi connectivity index (χ0v) is 26.5. The van der Waals surface area contributed by atoms with E-state index >= 15 is 4.39 Å². The van der Waals surface area contributed by atoms with Gasteiger partial charge in [0.25, 0.3) is 0 Å². The first kappa shape index (κ1) is 29.4. The second kappa shape index (κ2) is 10.8. The predicted molar refractivity (Wildman–Crippen MR) is 171 cm³/mol. The Bertz CT molecular complexity index is 1690. The molecule has 2 atom stereocenters. The summed E-state index contributed by atoms with van der Waals surface area (Å²) in [6.45, 7) is 12.1. The minimum atomic E-state index is -0.590. The molecule has 11 heteroatoms. The van der Waals surface area contributed by atoms with E-state index in [1.807, 2.05) is 65.1 Å². The highest BCUT2D eigenvalue weighted by Crippen LogP contribution is 2.42. The number of benzene rings is 2. The fourth-order valence-electron chi connectivity index (χ4n) is 6.01. The van der Waals surface area contributed by atoms with Gasteiger partial charge in [0.1, 0.15) is 16.9 Å². The molecule has 2 aliphatic heterocycles. The highest BCUT2D eigenvalue weighted by Gasteiger charge is 2.37. The zero-order valence-electron chi connectivity index (χ0n) is 25.8. The largest absolute Gasteiger partial charge is 0.444 e. The number of piperazine rings is 1. The minimum Gasteiger partial charge on any atom is -0.444 e. The van der Waals surface area contributed by atoms with E-state index in [-0.39, 0.29) is 28.7 Å². The van der Waals surface area contributed by atoms with Crippen molar-refractivity contribution in [2.24, 2.45) is 0 Å². The zero-order chi connectivity index (χ0) is 30.8. The first-order valence-corrected chi connectivity index (χ1v) is 15.1. The van der Waals surface area contributed by atoms with Crippen molar-refractivity contribution < 1.29 is 13.9 Å². The quantitative estimate of drug-likeness (QED) is 0.298. The van der Waals surface area contributed by atoms with Crippen LogP contribution in [0.4, 0.5) is 21.0 Å². The number of amides is 1. The molecule has 2 unspecified atom stereocenters. The number of nitrogens with zero attached hydrogens (tertiary/aromatic N) is 6. The lowest BCUT2D eigenvalue weighted by Crippen LogP contribution is -2.59. The molecule has 0 saturated carbocycles. The number of nitrogens with one attached hydrogen (secondary N) is 1. The Morgan fingerprint density at radius 2 is 1.84 bits per heavy atom. The van der Waals surface area contributed by atoms with Crippen LogP contribution in [0.15, 0.2) is 36.5 Å². The Labute approximate surface area is 256 Å². The van der Waals surface area contributed by atoms with Gasteiger partial charge in [-0.1, -0.05) is 29.8 Å². The van der Waals surface area contributed by atoms with E-state index in [0.717, 1.165) is 24.0 Å². The van der Waals surface area contributed by atoms with Crippen LogP contribution in [0, 0.1) is 5.82 Å². The fourth-order valence-corrected chi connectivity index (χ4v) is 6.30. The molecule has 2 aromatic carbocycles. The first-order valence-electron chi connectivity index (χ1n) is 14.8. The summed E-state index contributed by atoms with van der Waals surface area (Å²) in [7, 11) is 4.11. The van der Waals surface area contributed by atoms with Gasteiger partial charge in [-0.05, 0) is 66.2 Å². The lowest BCUT2D eigenvalue weighted by atomic mass is 10.00. The molecule has 228 valence electrons. The first-order chi connectivity index (χ1) is 20.3. The summed E-state index contributed by atoms with van der Waals surface area (Å²) < 4.78 is 22.4. The Hall–Kier alpha value is -3.63. The van der Waals surface area contributed by atoms with E-state index in [0.29, 0.717) is 47.4 Å². The van der Waals surface area contributed by atoms with Crippen molar-refractivity contribution in [3.8, 4) is 11.1 Å². The van der Waals surface area contributed by atoms with Gasteiger partial charge in [0.2, 0.25) is 5.95 Å². The number of aromatic amines is 1. The number of hydrogen-bond acceptors (Lipinski definition) is 7. The molecule has 0 bridgehead atoms. The Morgan fingerprint density at radius 1 is 1.09 bits per heavy atom. The van der Waals surface area contributed by atoms with Gasteiger partial charge in [0.05, 0.1) is 10.5 Å². The standard InChI is InChI=1S/C32H39ClFN7O2/c1-18-15-41(31(42)43-32(3,4)5)19(2)14-40(18)29-23-13-24(33)25(22-10-8-9-20-11-12-35-27(20)22)26(34)28(23)36-30(37-29)39-16-21(17-39)38(6)7/h8-13,18-19,21,35H,14-17H2,1-7H3. The number of ether oxygens (including phenoxy) is 1. The van der Waals surface area contributed by atoms with Crippen LogP contribution in [0.1, 0.15) is 34.6 Å². The van der Waals surface area contributed by atoms with Crippen molar-refractivity contribution in [1.82, 2.24) is 24.8 Å². The number of H-pyrrole nitrogens is 1. The molecule has 0 radical (unpaired) electrons. The van der Waals surface area contributed by atoms with Crippen LogP contribution in [0.3, 0.4) is 0 Å². The van der Waals surface area contributed by atoms with Crippen molar-refractivity contribution in [2.75, 3.05) is 50.1 Å². The number of likely N-dealkylation sites (N-methyl/N-ethyl adjacent to an activating group) is 1. The summed E-state index contributed by atoms with van der Waals surface area (Å²) in [5.74, 6) is 0.620. The third-order valence-electron chi connectivity index (χ3n) is 8.47. The number of rotatable bonds is 4. The molecule has 1 N–H and O–H groups in total. The number of aromatic nitrogens is 3. The molecule has 2 aliphatic rings. The molecular formula is C32H39ClFN7O2. The van der Waals surface area contributed by atoms with E-state index in [1.54, 1.807) is 11.0 Å². The van der Waals surface area contributed by atoms with E-state index in [2.05, 4.69) is 33.8 Å². The van der Waals surface area contributed by atoms with Crippen LogP contribution in [-0.2, 0) is 4.74 Å². The SMILES string of the molecule is CC1CN(c2nc(N3CC(N(C)C)C3)nc3c(F)c(-c4cccc5cc[nH]c45)c(Cl)cc23)C(C)CN1C(=O)OC(C)(C)C. The third-order valence-corrected chi connectivity index (χ3v) is 8.77. The highest BCUT2D eigenvalue weighted by molar-refractivity contribution is 6.35. The van der Waals surface area contributed by atoms with Gasteiger partial charge in [0, 0.05) is 67.0 Å². The number of carbonyl (C=O) groups excluding carboxylic acids is 1. The average molecular weight is 608 g/mol. The minimum absolute atomic E-state index is 0.116. The molecule has 2 saturated heterocycles. The van der Waals surface area contributed by atoms with Crippen LogP contribution in [0.25, 0.3) is 32.9 Å². The van der Waals surface area contributed by atoms with Gasteiger partial charge in [-0.2, -0.15) is 4.98 Å². The van der Waals surface area contributed by atoms with Crippen molar-refractivity contribution in [1.29, 1.82) is 0 Å². The van der Waals surface area contributed by atoms with Crippen LogP contribution in [0.5, 0.6) is 0 Å². The lowest BCUT2D eigenvalue weighted by Gasteiger charge is -2.46. The monoisotopic (exact) mass is 607 g/mol. The van der Waals surface area contributed by atoms with E-state index in [1.165, 1.54) is 0 Å². The molecule has 0 aliphatic carbocycles. The summed E-state index contributed by atoms with van der Waals surface area (Å²) >= 11 is 6.89. The number of hydrogen-bond donors (Lipinski definition) is 1. The summed E-state index contributed by atoms with van der Waals surface area (Å²) in [6.07, 6.45) is 1.50. The predicted octanol–water partition coefficient (Wildman–Crippen LogP) is 6.15. The Balaban J connectivity index is 1.46. The van der Waals surface area contributed by atoms with Gasteiger partial charge in [-0.15, -0.1) is 0 Å². The molecule has 43 heavy (non-hydrogen) atoms. The summed E-state index contributed by atoms with van der Waals surface area (Å²) in [5.41, 5.74) is 1.44. The normalized spacial score (nSPS) is 19.9. The molecule has 0 spiro atoms. The Morgan fingerprint density at radius 3 is 2.53 bits per heavy atom. The van der Waals surface area contributed by atoms with Crippen LogP contribution >= 0.6 is 11.6 Å². The molecule has 4 heterocycles. The Kier molecular flexibility index (Phi) is 7.41. The fraction of sp³-hybridized carbons (Fsp3) is 0.469. The molecule has 1 amide bonds. The molecule has 2 fully saturated rings. The number of anilines is 2. The summed E-state index contributed by atoms with van der Waals surface area (Å²) in [6, 6.07) is 9.58. The maximum absolute atomic E-state index is 16.8. The topological polar surface area (TPSA) is 80.8 Å². The highest BCUT2D eigenvalue weighted by atomic mass is 35.5. The molecule has 9 nitrogen and oxygen atoms in total. The molecule has 6 rings (SSSR count).